The van der Waals surface area contributed by atoms with Crippen molar-refractivity contribution in [2.75, 3.05) is 49.1 Å². The average Bonchev–Trinajstić information content (AvgIpc) is 3.20. The van der Waals surface area contributed by atoms with Crippen molar-refractivity contribution in [2.24, 2.45) is 0 Å². The second kappa shape index (κ2) is 10.0. The second-order valence-electron chi connectivity index (χ2n) is 9.43. The highest BCUT2D eigenvalue weighted by molar-refractivity contribution is 5.79. The molecule has 2 saturated heterocycles. The molecule has 4 heterocycles. The Bertz CT molecular complexity index is 1170. The first-order chi connectivity index (χ1) is 17.0. The molecule has 9 heteroatoms. The van der Waals surface area contributed by atoms with E-state index in [1.54, 1.807) is 4.68 Å². The summed E-state index contributed by atoms with van der Waals surface area (Å²) in [6.45, 7) is 8.19. The second-order valence-corrected chi connectivity index (χ2v) is 9.43. The number of piperazine rings is 1. The fraction of sp³-hybridized carbons (Fsp3) is 0.462. The third-order valence-electron chi connectivity index (χ3n) is 6.86. The molecule has 1 amide bonds. The number of nitrogens with zero attached hydrogens (tertiary/aromatic N) is 7. The van der Waals surface area contributed by atoms with E-state index in [4.69, 9.17) is 0 Å². The first kappa shape index (κ1) is 23.3. The smallest absolute Gasteiger partial charge is 0.244 e. The quantitative estimate of drug-likeness (QED) is 0.562. The molecule has 35 heavy (non-hydrogen) atoms. The van der Waals surface area contributed by atoms with Crippen molar-refractivity contribution in [1.29, 1.82) is 0 Å². The Morgan fingerprint density at radius 2 is 1.77 bits per heavy atom. The van der Waals surface area contributed by atoms with Gasteiger partial charge in [-0.25, -0.2) is 14.4 Å². The van der Waals surface area contributed by atoms with Crippen LogP contribution >= 0.6 is 0 Å². The number of anilines is 2. The number of aryl methyl sites for hydroxylation is 2. The third kappa shape index (κ3) is 5.13. The van der Waals surface area contributed by atoms with Crippen LogP contribution in [0.3, 0.4) is 0 Å². The van der Waals surface area contributed by atoms with Crippen molar-refractivity contribution >= 4 is 17.5 Å². The molecule has 8 nitrogen and oxygen atoms in total. The lowest BCUT2D eigenvalue weighted by molar-refractivity contribution is -0.132. The van der Waals surface area contributed by atoms with E-state index in [0.29, 0.717) is 32.0 Å². The van der Waals surface area contributed by atoms with Crippen molar-refractivity contribution < 1.29 is 9.18 Å². The molecule has 2 aliphatic heterocycles. The molecule has 184 valence electrons. The first-order valence-electron chi connectivity index (χ1n) is 12.3. The lowest BCUT2D eigenvalue weighted by atomic mass is 10.1. The largest absolute Gasteiger partial charge is 0.367 e. The maximum absolute atomic E-state index is 13.8. The van der Waals surface area contributed by atoms with Gasteiger partial charge in [-0.1, -0.05) is 18.2 Å². The van der Waals surface area contributed by atoms with Gasteiger partial charge in [-0.05, 0) is 38.8 Å². The van der Waals surface area contributed by atoms with E-state index in [0.717, 1.165) is 54.3 Å². The van der Waals surface area contributed by atoms with Crippen molar-refractivity contribution in [2.45, 2.75) is 39.4 Å². The number of aromatic nitrogens is 4. The van der Waals surface area contributed by atoms with Gasteiger partial charge in [-0.15, -0.1) is 0 Å². The molecule has 2 aliphatic rings. The average molecular weight is 478 g/mol. The van der Waals surface area contributed by atoms with Gasteiger partial charge in [-0.3, -0.25) is 9.48 Å². The summed E-state index contributed by atoms with van der Waals surface area (Å²) in [6.07, 6.45) is 4.29. The van der Waals surface area contributed by atoms with Crippen LogP contribution < -0.4 is 9.80 Å². The number of amides is 1. The molecule has 2 aromatic heterocycles. The SMILES string of the molecule is Cc1cc(C)n(CC(=O)N2CCN(c3ccccc3-c3cnc(N4CCCC(F)C4)nc3)CC2)n1. The van der Waals surface area contributed by atoms with E-state index in [9.17, 15) is 9.18 Å². The number of halogens is 1. The number of hydrogen-bond acceptors (Lipinski definition) is 6. The Kier molecular flexibility index (Phi) is 6.66. The molecule has 0 radical (unpaired) electrons. The van der Waals surface area contributed by atoms with Gasteiger partial charge >= 0.3 is 0 Å². The molecule has 0 spiro atoms. The number of hydrogen-bond donors (Lipinski definition) is 0. The Labute approximate surface area is 205 Å². The van der Waals surface area contributed by atoms with Gasteiger partial charge in [0.25, 0.3) is 0 Å². The molecule has 1 atom stereocenters. The number of para-hydroxylation sites is 1. The molecule has 0 saturated carbocycles. The van der Waals surface area contributed by atoms with Crippen LogP contribution in [0.1, 0.15) is 24.2 Å². The third-order valence-corrected chi connectivity index (χ3v) is 6.86. The van der Waals surface area contributed by atoms with E-state index in [1.807, 2.05) is 54.2 Å². The van der Waals surface area contributed by atoms with Gasteiger partial charge in [0.2, 0.25) is 11.9 Å². The molecule has 5 rings (SSSR count). The minimum Gasteiger partial charge on any atom is -0.367 e. The fourth-order valence-electron chi connectivity index (χ4n) is 4.98. The lowest BCUT2D eigenvalue weighted by Crippen LogP contribution is -2.49. The van der Waals surface area contributed by atoms with Crippen LogP contribution in [-0.4, -0.2) is 76.0 Å². The van der Waals surface area contributed by atoms with Gasteiger partial charge in [0.05, 0.1) is 12.2 Å². The minimum atomic E-state index is -0.814. The van der Waals surface area contributed by atoms with Crippen molar-refractivity contribution in [3.8, 4) is 11.1 Å². The summed E-state index contributed by atoms with van der Waals surface area (Å²) in [7, 11) is 0. The van der Waals surface area contributed by atoms with E-state index < -0.39 is 6.17 Å². The monoisotopic (exact) mass is 477 g/mol. The highest BCUT2D eigenvalue weighted by Crippen LogP contribution is 2.31. The highest BCUT2D eigenvalue weighted by Gasteiger charge is 2.24. The number of benzene rings is 1. The van der Waals surface area contributed by atoms with E-state index in [2.05, 4.69) is 32.1 Å². The van der Waals surface area contributed by atoms with Crippen LogP contribution in [-0.2, 0) is 11.3 Å². The lowest BCUT2D eigenvalue weighted by Gasteiger charge is -2.37. The number of carbonyl (C=O) groups excluding carboxylic acids is 1. The number of alkyl halides is 1. The van der Waals surface area contributed by atoms with Crippen LogP contribution in [0, 0.1) is 13.8 Å². The van der Waals surface area contributed by atoms with Crippen molar-refractivity contribution in [1.82, 2.24) is 24.6 Å². The summed E-state index contributed by atoms with van der Waals surface area (Å²) in [4.78, 5) is 28.1. The molecular formula is C26H32FN7O. The fourth-order valence-corrected chi connectivity index (χ4v) is 4.98. The summed E-state index contributed by atoms with van der Waals surface area (Å²) in [5.41, 5.74) is 5.03. The van der Waals surface area contributed by atoms with Crippen molar-refractivity contribution in [3.05, 3.63) is 54.1 Å². The number of rotatable bonds is 5. The Balaban J connectivity index is 1.25. The standard InChI is InChI=1S/C26H32FN7O/c1-19-14-20(2)34(30-19)18-25(35)32-12-10-31(11-13-32)24-8-4-3-7-23(24)21-15-28-26(29-16-21)33-9-5-6-22(27)17-33/h3-4,7-8,14-16,22H,5-6,9-13,17-18H2,1-2H3. The van der Waals surface area contributed by atoms with Gasteiger partial charge in [-0.2, -0.15) is 5.10 Å². The zero-order valence-corrected chi connectivity index (χ0v) is 20.4. The van der Waals surface area contributed by atoms with Gasteiger partial charge < -0.3 is 14.7 Å². The zero-order valence-electron chi connectivity index (χ0n) is 20.4. The van der Waals surface area contributed by atoms with Crippen LogP contribution in [0.5, 0.6) is 0 Å². The maximum atomic E-state index is 13.8. The number of piperidine rings is 1. The Morgan fingerprint density at radius 3 is 2.46 bits per heavy atom. The van der Waals surface area contributed by atoms with Gasteiger partial charge in [0, 0.05) is 67.6 Å². The van der Waals surface area contributed by atoms with E-state index in [-0.39, 0.29) is 12.5 Å². The maximum Gasteiger partial charge on any atom is 0.244 e. The minimum absolute atomic E-state index is 0.0985. The molecule has 1 unspecified atom stereocenters. The Hall–Kier alpha value is -3.49. The van der Waals surface area contributed by atoms with Gasteiger partial charge in [0.1, 0.15) is 12.7 Å². The topological polar surface area (TPSA) is 70.4 Å². The predicted molar refractivity (Wildman–Crippen MR) is 134 cm³/mol. The van der Waals surface area contributed by atoms with E-state index >= 15 is 0 Å². The molecule has 2 fully saturated rings. The predicted octanol–water partition coefficient (Wildman–Crippen LogP) is 3.24. The number of carbonyl (C=O) groups is 1. The summed E-state index contributed by atoms with van der Waals surface area (Å²) < 4.78 is 15.6. The molecule has 1 aromatic carbocycles. The first-order valence-corrected chi connectivity index (χ1v) is 12.3. The normalized spacial score (nSPS) is 18.7. The van der Waals surface area contributed by atoms with Gasteiger partial charge in [0.15, 0.2) is 0 Å². The zero-order chi connectivity index (χ0) is 24.4. The Morgan fingerprint density at radius 1 is 1.03 bits per heavy atom. The summed E-state index contributed by atoms with van der Waals surface area (Å²) in [6, 6.07) is 10.2. The molecule has 0 bridgehead atoms. The molecule has 0 aliphatic carbocycles. The van der Waals surface area contributed by atoms with Crippen LogP contribution in [0.4, 0.5) is 16.0 Å². The molecule has 0 N–H and O–H groups in total. The summed E-state index contributed by atoms with van der Waals surface area (Å²) in [5, 5.41) is 4.42. The molecule has 3 aromatic rings. The van der Waals surface area contributed by atoms with E-state index in [1.165, 1.54) is 0 Å². The van der Waals surface area contributed by atoms with Crippen LogP contribution in [0.15, 0.2) is 42.7 Å². The van der Waals surface area contributed by atoms with Crippen LogP contribution in [0.2, 0.25) is 0 Å². The summed E-state index contributed by atoms with van der Waals surface area (Å²) >= 11 is 0. The summed E-state index contributed by atoms with van der Waals surface area (Å²) in [5.74, 6) is 0.685. The highest BCUT2D eigenvalue weighted by atomic mass is 19.1. The molecular weight excluding hydrogens is 445 g/mol. The van der Waals surface area contributed by atoms with Crippen LogP contribution in [0.25, 0.3) is 11.1 Å². The van der Waals surface area contributed by atoms with Crippen molar-refractivity contribution in [3.63, 3.8) is 0 Å².